The SMILES string of the molecule is CC(C)(C)c1ccc(N2c3cccc4c3B3c5c(cccc52)-c2ccc5c6c2N3c2c-4ccc3c2B6c2c(cccc2N5c2ccc(C(C)(C)C)cc2)N3c2ccc(C(C)(C)C)cc2)cc1. The quantitative estimate of drug-likeness (QED) is 0.164. The molecule has 0 aromatic heterocycles. The summed E-state index contributed by atoms with van der Waals surface area (Å²) in [6, 6.07) is 59.1. The Bertz CT molecular complexity index is 3250. The van der Waals surface area contributed by atoms with Crippen molar-refractivity contribution in [3.63, 3.8) is 0 Å². The number of benzene rings is 8. The third-order valence-electron chi connectivity index (χ3n) is 15.8. The van der Waals surface area contributed by atoms with Gasteiger partial charge in [0.2, 0.25) is 0 Å². The number of anilines is 11. The third kappa shape index (κ3) is 4.82. The molecule has 0 spiro atoms. The van der Waals surface area contributed by atoms with Gasteiger partial charge in [-0.2, -0.15) is 0 Å². The zero-order valence-electron chi connectivity index (χ0n) is 39.4. The van der Waals surface area contributed by atoms with Crippen LogP contribution in [0.25, 0.3) is 22.3 Å². The van der Waals surface area contributed by atoms with Crippen LogP contribution >= 0.6 is 0 Å². The molecule has 6 aliphatic heterocycles. The molecule has 8 aromatic rings. The lowest BCUT2D eigenvalue weighted by molar-refractivity contribution is 0.590. The van der Waals surface area contributed by atoms with Crippen LogP contribution in [-0.2, 0) is 16.2 Å². The molecule has 0 saturated carbocycles. The molecule has 0 bridgehead atoms. The Kier molecular flexibility index (Phi) is 7.26. The molecule has 0 fully saturated rings. The molecular weight excluding hydrogens is 798 g/mol. The van der Waals surface area contributed by atoms with Crippen LogP contribution in [0.3, 0.4) is 0 Å². The highest BCUT2D eigenvalue weighted by Gasteiger charge is 2.57. The molecule has 6 heteroatoms. The highest BCUT2D eigenvalue weighted by molar-refractivity contribution is 7.05. The van der Waals surface area contributed by atoms with E-state index in [2.05, 4.69) is 233 Å². The maximum Gasteiger partial charge on any atom is 0.333 e. The Balaban J connectivity index is 1.10. The van der Waals surface area contributed by atoms with Crippen LogP contribution in [0.5, 0.6) is 0 Å². The maximum absolute atomic E-state index is 2.82. The Morgan fingerprint density at radius 3 is 0.970 bits per heavy atom. The Morgan fingerprint density at radius 1 is 0.303 bits per heavy atom. The van der Waals surface area contributed by atoms with Crippen LogP contribution < -0.4 is 46.8 Å². The van der Waals surface area contributed by atoms with Gasteiger partial charge in [-0.1, -0.05) is 141 Å². The molecule has 8 aromatic carbocycles. The molecule has 6 aliphatic rings. The second-order valence-corrected chi connectivity index (χ2v) is 22.6. The summed E-state index contributed by atoms with van der Waals surface area (Å²) in [5.74, 6) is 0. The van der Waals surface area contributed by atoms with Crippen molar-refractivity contribution in [2.75, 3.05) is 19.5 Å². The van der Waals surface area contributed by atoms with Crippen LogP contribution in [0.2, 0.25) is 0 Å². The van der Waals surface area contributed by atoms with E-state index in [4.69, 9.17) is 0 Å². The van der Waals surface area contributed by atoms with E-state index < -0.39 is 0 Å². The largest absolute Gasteiger partial charge is 0.377 e. The molecular formula is C60H52B2N4. The average Bonchev–Trinajstić information content (AvgIpc) is 3.30. The lowest BCUT2D eigenvalue weighted by atomic mass is 9.29. The van der Waals surface area contributed by atoms with Gasteiger partial charge >= 0.3 is 6.85 Å². The first kappa shape index (κ1) is 38.4. The van der Waals surface area contributed by atoms with Crippen molar-refractivity contribution in [3.05, 3.63) is 168 Å². The number of rotatable bonds is 3. The summed E-state index contributed by atoms with van der Waals surface area (Å²) in [4.78, 5) is 10.5. The fourth-order valence-electron chi connectivity index (χ4n) is 12.6. The van der Waals surface area contributed by atoms with E-state index in [1.54, 1.807) is 0 Å². The predicted molar refractivity (Wildman–Crippen MR) is 283 cm³/mol. The summed E-state index contributed by atoms with van der Waals surface area (Å²) in [5, 5.41) is 0. The number of nitrogens with zero attached hydrogens (tertiary/aromatic N) is 4. The van der Waals surface area contributed by atoms with Crippen molar-refractivity contribution < 1.29 is 0 Å². The zero-order valence-corrected chi connectivity index (χ0v) is 39.4. The van der Waals surface area contributed by atoms with E-state index in [1.807, 2.05) is 0 Å². The molecule has 0 unspecified atom stereocenters. The minimum Gasteiger partial charge on any atom is -0.377 e. The monoisotopic (exact) mass is 850 g/mol. The van der Waals surface area contributed by atoms with Gasteiger partial charge in [0.25, 0.3) is 6.71 Å². The van der Waals surface area contributed by atoms with Crippen LogP contribution in [-0.4, -0.2) is 13.6 Å². The smallest absolute Gasteiger partial charge is 0.333 e. The summed E-state index contributed by atoms with van der Waals surface area (Å²) in [7, 11) is 0. The first-order chi connectivity index (χ1) is 31.7. The van der Waals surface area contributed by atoms with Gasteiger partial charge in [-0.25, -0.2) is 0 Å². The molecule has 318 valence electrons. The lowest BCUT2D eigenvalue weighted by Crippen LogP contribution is -2.72. The minimum atomic E-state index is 0.00375. The van der Waals surface area contributed by atoms with Gasteiger partial charge in [0, 0.05) is 73.7 Å². The van der Waals surface area contributed by atoms with Crippen LogP contribution in [0.1, 0.15) is 79.0 Å². The van der Waals surface area contributed by atoms with E-state index in [0.717, 1.165) is 0 Å². The molecule has 0 aliphatic carbocycles. The van der Waals surface area contributed by atoms with Crippen molar-refractivity contribution in [3.8, 4) is 22.3 Å². The van der Waals surface area contributed by atoms with Gasteiger partial charge in [0.05, 0.1) is 0 Å². The van der Waals surface area contributed by atoms with Gasteiger partial charge in [0.1, 0.15) is 0 Å². The lowest BCUT2D eigenvalue weighted by Gasteiger charge is -2.56. The van der Waals surface area contributed by atoms with Crippen LogP contribution in [0.15, 0.2) is 152 Å². The van der Waals surface area contributed by atoms with Gasteiger partial charge < -0.3 is 19.5 Å². The first-order valence-electron chi connectivity index (χ1n) is 23.9. The van der Waals surface area contributed by atoms with Crippen LogP contribution in [0.4, 0.5) is 62.6 Å². The molecule has 0 amide bonds. The fourth-order valence-corrected chi connectivity index (χ4v) is 12.6. The molecule has 0 saturated heterocycles. The number of hydrogen-bond donors (Lipinski definition) is 0. The Hall–Kier alpha value is -6.91. The Labute approximate surface area is 390 Å². The van der Waals surface area contributed by atoms with Crippen LogP contribution in [0, 0.1) is 0 Å². The molecule has 14 rings (SSSR count). The van der Waals surface area contributed by atoms with Gasteiger partial charge in [-0.3, -0.25) is 0 Å². The normalized spacial score (nSPS) is 15.2. The standard InChI is InChI=1S/C60H52B2N4/c1-58(2,3)35-19-25-38(26-20-35)63-45-15-10-13-41-43-31-33-49-54-56(43)66-57-44(42-14-11-16-46(63)52(42)62(66)51(41)45)32-34-50-55(57)61(54)53-47(64(49)39-27-21-36(22-28-39)59(4,5)6)17-12-18-48(53)65(50)40-29-23-37(24-30-40)60(7,8)9/h10-34H,1-9H3. The van der Waals surface area contributed by atoms with Crippen molar-refractivity contribution in [2.24, 2.45) is 0 Å². The summed E-state index contributed by atoms with van der Waals surface area (Å²) in [5.41, 5.74) is 30.4. The number of fused-ring (bicyclic) bond motifs is 2. The minimum absolute atomic E-state index is 0.00375. The maximum atomic E-state index is 2.82. The van der Waals surface area contributed by atoms with E-state index >= 15 is 0 Å². The summed E-state index contributed by atoms with van der Waals surface area (Å²) >= 11 is 0. The van der Waals surface area contributed by atoms with Crippen molar-refractivity contribution in [1.82, 2.24) is 0 Å². The molecule has 6 heterocycles. The second kappa shape index (κ2) is 12.5. The van der Waals surface area contributed by atoms with E-state index in [0.29, 0.717) is 0 Å². The van der Waals surface area contributed by atoms with Crippen molar-refractivity contribution >= 4 is 103 Å². The number of hydrogen-bond acceptors (Lipinski definition) is 4. The molecule has 4 nitrogen and oxygen atoms in total. The highest BCUT2D eigenvalue weighted by Crippen LogP contribution is 2.57. The Morgan fingerprint density at radius 2 is 0.621 bits per heavy atom. The summed E-state index contributed by atoms with van der Waals surface area (Å²) in [6.45, 7) is 20.8. The van der Waals surface area contributed by atoms with Crippen molar-refractivity contribution in [2.45, 2.75) is 78.6 Å². The third-order valence-corrected chi connectivity index (χ3v) is 15.8. The highest BCUT2D eigenvalue weighted by atomic mass is 15.2. The topological polar surface area (TPSA) is 13.0 Å². The van der Waals surface area contributed by atoms with Gasteiger partial charge in [0.15, 0.2) is 0 Å². The van der Waals surface area contributed by atoms with E-state index in [9.17, 15) is 0 Å². The molecule has 0 atom stereocenters. The van der Waals surface area contributed by atoms with E-state index in [-0.39, 0.29) is 29.8 Å². The first-order valence-corrected chi connectivity index (χ1v) is 23.9. The molecule has 0 radical (unpaired) electrons. The summed E-state index contributed by atoms with van der Waals surface area (Å²) < 4.78 is 0. The van der Waals surface area contributed by atoms with Gasteiger partial charge in [-0.05, 0) is 144 Å². The fraction of sp³-hybridized carbons (Fsp3) is 0.200. The zero-order chi connectivity index (χ0) is 44.9. The van der Waals surface area contributed by atoms with E-state index in [1.165, 1.54) is 129 Å². The molecule has 0 N–H and O–H groups in total. The average molecular weight is 851 g/mol. The second-order valence-electron chi connectivity index (χ2n) is 22.6. The van der Waals surface area contributed by atoms with Crippen molar-refractivity contribution in [1.29, 1.82) is 0 Å². The summed E-state index contributed by atoms with van der Waals surface area (Å²) in [6.07, 6.45) is 0. The van der Waals surface area contributed by atoms with Gasteiger partial charge in [-0.15, -0.1) is 0 Å². The molecule has 66 heavy (non-hydrogen) atoms. The predicted octanol–water partition coefficient (Wildman–Crippen LogP) is 12.7.